The summed E-state index contributed by atoms with van der Waals surface area (Å²) < 4.78 is 11.4. The number of likely N-dealkylation sites (tertiary alicyclic amines) is 1. The zero-order valence-electron chi connectivity index (χ0n) is 15.5. The van der Waals surface area contributed by atoms with Gasteiger partial charge in [0, 0.05) is 18.7 Å². The van der Waals surface area contributed by atoms with Crippen LogP contribution in [0.25, 0.3) is 0 Å². The first-order valence-electron chi connectivity index (χ1n) is 8.99. The van der Waals surface area contributed by atoms with E-state index in [1.165, 1.54) is 0 Å². The van der Waals surface area contributed by atoms with Crippen molar-refractivity contribution >= 4 is 21.8 Å². The molecule has 1 heterocycles. The molecule has 0 aromatic heterocycles. The summed E-state index contributed by atoms with van der Waals surface area (Å²) in [6.07, 6.45) is 1.05. The molecule has 6 heteroatoms. The van der Waals surface area contributed by atoms with Crippen LogP contribution < -0.4 is 9.47 Å². The lowest BCUT2D eigenvalue weighted by molar-refractivity contribution is 0.0462. The summed E-state index contributed by atoms with van der Waals surface area (Å²) in [5.41, 5.74) is 1.47. The SMILES string of the molecule is COc1cc(C(=O)N2CCC(C(O)c3ccccc3)CC2)cc(OC)c1Br. The van der Waals surface area contributed by atoms with Crippen molar-refractivity contribution in [1.82, 2.24) is 4.90 Å². The van der Waals surface area contributed by atoms with Crippen LogP contribution in [-0.4, -0.2) is 43.2 Å². The average Bonchev–Trinajstić information content (AvgIpc) is 2.73. The van der Waals surface area contributed by atoms with Crippen molar-refractivity contribution in [1.29, 1.82) is 0 Å². The Labute approximate surface area is 168 Å². The monoisotopic (exact) mass is 433 g/mol. The van der Waals surface area contributed by atoms with E-state index in [4.69, 9.17) is 9.47 Å². The summed E-state index contributed by atoms with van der Waals surface area (Å²) in [4.78, 5) is 14.8. The molecule has 0 radical (unpaired) electrons. The van der Waals surface area contributed by atoms with Gasteiger partial charge in [0.25, 0.3) is 5.91 Å². The van der Waals surface area contributed by atoms with Crippen molar-refractivity contribution in [3.63, 3.8) is 0 Å². The minimum absolute atomic E-state index is 0.0493. The zero-order chi connectivity index (χ0) is 19.4. The molecule has 0 saturated carbocycles. The highest BCUT2D eigenvalue weighted by atomic mass is 79.9. The van der Waals surface area contributed by atoms with Gasteiger partial charge in [-0.3, -0.25) is 4.79 Å². The first-order valence-corrected chi connectivity index (χ1v) is 9.78. The van der Waals surface area contributed by atoms with E-state index in [2.05, 4.69) is 15.9 Å². The molecule has 1 unspecified atom stereocenters. The molecule has 27 heavy (non-hydrogen) atoms. The molecule has 144 valence electrons. The van der Waals surface area contributed by atoms with E-state index in [1.807, 2.05) is 35.2 Å². The lowest BCUT2D eigenvalue weighted by Gasteiger charge is -2.34. The number of piperidine rings is 1. The fraction of sp³-hybridized carbons (Fsp3) is 0.381. The quantitative estimate of drug-likeness (QED) is 0.772. The molecule has 1 aliphatic rings. The number of methoxy groups -OCH3 is 2. The van der Waals surface area contributed by atoms with E-state index < -0.39 is 6.10 Å². The molecule has 1 aliphatic heterocycles. The molecular weight excluding hydrogens is 410 g/mol. The Bertz CT molecular complexity index is 763. The maximum Gasteiger partial charge on any atom is 0.254 e. The Kier molecular flexibility index (Phi) is 6.39. The number of aliphatic hydroxyl groups excluding tert-OH is 1. The number of carbonyl (C=O) groups is 1. The summed E-state index contributed by atoms with van der Waals surface area (Å²) >= 11 is 3.42. The number of amides is 1. The Balaban J connectivity index is 1.68. The number of aliphatic hydroxyl groups is 1. The molecule has 1 fully saturated rings. The number of rotatable bonds is 5. The third kappa shape index (κ3) is 4.28. The van der Waals surface area contributed by atoms with Gasteiger partial charge in [0.05, 0.1) is 20.3 Å². The minimum atomic E-state index is -0.490. The highest BCUT2D eigenvalue weighted by Gasteiger charge is 2.29. The van der Waals surface area contributed by atoms with Gasteiger partial charge < -0.3 is 19.5 Å². The third-order valence-electron chi connectivity index (χ3n) is 5.11. The first-order chi connectivity index (χ1) is 13.0. The van der Waals surface area contributed by atoms with Crippen LogP contribution in [0.15, 0.2) is 46.9 Å². The number of hydrogen-bond donors (Lipinski definition) is 1. The van der Waals surface area contributed by atoms with Gasteiger partial charge in [-0.1, -0.05) is 30.3 Å². The van der Waals surface area contributed by atoms with E-state index in [1.54, 1.807) is 26.4 Å². The molecule has 5 nitrogen and oxygen atoms in total. The fourth-order valence-corrected chi connectivity index (χ4v) is 4.07. The van der Waals surface area contributed by atoms with E-state index in [-0.39, 0.29) is 11.8 Å². The van der Waals surface area contributed by atoms with Gasteiger partial charge in [-0.05, 0) is 52.4 Å². The number of halogens is 1. The normalized spacial score (nSPS) is 16.1. The standard InChI is InChI=1S/C21H24BrNO4/c1-26-17-12-16(13-18(27-2)19(17)22)21(25)23-10-8-15(9-11-23)20(24)14-6-4-3-5-7-14/h3-7,12-13,15,20,24H,8-11H2,1-2H3. The van der Waals surface area contributed by atoms with Crippen LogP contribution in [0.4, 0.5) is 0 Å². The number of benzene rings is 2. The predicted molar refractivity (Wildman–Crippen MR) is 107 cm³/mol. The average molecular weight is 434 g/mol. The van der Waals surface area contributed by atoms with Crippen molar-refractivity contribution in [3.8, 4) is 11.5 Å². The van der Waals surface area contributed by atoms with Gasteiger partial charge >= 0.3 is 0 Å². The first kappa shape index (κ1) is 19.7. The predicted octanol–water partition coefficient (Wildman–Crippen LogP) is 4.05. The van der Waals surface area contributed by atoms with Gasteiger partial charge in [-0.15, -0.1) is 0 Å². The van der Waals surface area contributed by atoms with Crippen molar-refractivity contribution < 1.29 is 19.4 Å². The van der Waals surface area contributed by atoms with Gasteiger partial charge in [0.2, 0.25) is 0 Å². The largest absolute Gasteiger partial charge is 0.495 e. The summed E-state index contributed by atoms with van der Waals surface area (Å²) in [5, 5.41) is 10.6. The van der Waals surface area contributed by atoms with Crippen LogP contribution in [0.3, 0.4) is 0 Å². The molecule has 1 amide bonds. The molecule has 2 aromatic carbocycles. The molecule has 1 saturated heterocycles. The maximum atomic E-state index is 12.9. The van der Waals surface area contributed by atoms with Crippen LogP contribution in [-0.2, 0) is 0 Å². The molecular formula is C21H24BrNO4. The summed E-state index contributed by atoms with van der Waals surface area (Å²) in [7, 11) is 3.12. The van der Waals surface area contributed by atoms with Crippen molar-refractivity contribution in [2.24, 2.45) is 5.92 Å². The second-order valence-electron chi connectivity index (χ2n) is 6.68. The molecule has 0 aliphatic carbocycles. The topological polar surface area (TPSA) is 59.0 Å². The van der Waals surface area contributed by atoms with Gasteiger partial charge in [-0.25, -0.2) is 0 Å². The lowest BCUT2D eigenvalue weighted by Crippen LogP contribution is -2.39. The van der Waals surface area contributed by atoms with Crippen molar-refractivity contribution in [3.05, 3.63) is 58.1 Å². The smallest absolute Gasteiger partial charge is 0.254 e. The van der Waals surface area contributed by atoms with Gasteiger partial charge in [-0.2, -0.15) is 0 Å². The molecule has 3 rings (SSSR count). The Morgan fingerprint density at radius 3 is 2.19 bits per heavy atom. The second-order valence-corrected chi connectivity index (χ2v) is 7.47. The summed E-state index contributed by atoms with van der Waals surface area (Å²) in [6, 6.07) is 13.2. The maximum absolute atomic E-state index is 12.9. The van der Waals surface area contributed by atoms with Crippen LogP contribution >= 0.6 is 15.9 Å². The van der Waals surface area contributed by atoms with E-state index in [9.17, 15) is 9.90 Å². The Morgan fingerprint density at radius 1 is 1.11 bits per heavy atom. The number of nitrogens with zero attached hydrogens (tertiary/aromatic N) is 1. The van der Waals surface area contributed by atoms with E-state index >= 15 is 0 Å². The highest BCUT2D eigenvalue weighted by Crippen LogP contribution is 2.37. The number of hydrogen-bond acceptors (Lipinski definition) is 4. The molecule has 0 spiro atoms. The minimum Gasteiger partial charge on any atom is -0.495 e. The van der Waals surface area contributed by atoms with E-state index in [0.717, 1.165) is 18.4 Å². The molecule has 1 atom stereocenters. The summed E-state index contributed by atoms with van der Waals surface area (Å²) in [6.45, 7) is 1.24. The third-order valence-corrected chi connectivity index (χ3v) is 5.89. The fourth-order valence-electron chi connectivity index (χ4n) is 3.52. The molecule has 0 bridgehead atoms. The summed E-state index contributed by atoms with van der Waals surface area (Å²) in [5.74, 6) is 1.23. The van der Waals surface area contributed by atoms with Crippen LogP contribution in [0.1, 0.15) is 34.9 Å². The van der Waals surface area contributed by atoms with Crippen LogP contribution in [0.2, 0.25) is 0 Å². The number of ether oxygens (including phenoxy) is 2. The second kappa shape index (κ2) is 8.76. The van der Waals surface area contributed by atoms with Gasteiger partial charge in [0.15, 0.2) is 0 Å². The van der Waals surface area contributed by atoms with Gasteiger partial charge in [0.1, 0.15) is 16.0 Å². The van der Waals surface area contributed by atoms with Crippen LogP contribution in [0.5, 0.6) is 11.5 Å². The zero-order valence-corrected chi connectivity index (χ0v) is 17.1. The molecule has 1 N–H and O–H groups in total. The molecule has 2 aromatic rings. The number of carbonyl (C=O) groups excluding carboxylic acids is 1. The lowest BCUT2D eigenvalue weighted by atomic mass is 9.87. The van der Waals surface area contributed by atoms with Crippen molar-refractivity contribution in [2.45, 2.75) is 18.9 Å². The van der Waals surface area contributed by atoms with E-state index in [0.29, 0.717) is 34.6 Å². The van der Waals surface area contributed by atoms with Crippen molar-refractivity contribution in [2.75, 3.05) is 27.3 Å². The highest BCUT2D eigenvalue weighted by molar-refractivity contribution is 9.10. The Morgan fingerprint density at radius 2 is 1.67 bits per heavy atom. The van der Waals surface area contributed by atoms with Crippen LogP contribution in [0, 0.1) is 5.92 Å². The Hall–Kier alpha value is -2.05.